The summed E-state index contributed by atoms with van der Waals surface area (Å²) in [7, 11) is 1.39. The zero-order valence-electron chi connectivity index (χ0n) is 6.14. The van der Waals surface area contributed by atoms with Gasteiger partial charge in [0, 0.05) is 17.3 Å². The number of para-hydroxylation sites is 1. The Balaban J connectivity index is 2.79. The molecule has 12 heavy (non-hydrogen) atoms. The monoisotopic (exact) mass is 194 g/mol. The summed E-state index contributed by atoms with van der Waals surface area (Å²) in [5.41, 5.74) is 1.83. The van der Waals surface area contributed by atoms with Crippen LogP contribution in [0.4, 0.5) is 0 Å². The predicted octanol–water partition coefficient (Wildman–Crippen LogP) is 2.57. The Hall–Kier alpha value is -0.740. The van der Waals surface area contributed by atoms with E-state index in [0.717, 1.165) is 15.9 Å². The average Bonchev–Trinajstić information content (AvgIpc) is 2.17. The molecule has 0 N–H and O–H groups in total. The number of rotatable bonds is 1. The van der Waals surface area contributed by atoms with E-state index in [9.17, 15) is 0 Å². The molecule has 60 valence electrons. The van der Waals surface area contributed by atoms with E-state index in [0.29, 0.717) is 0 Å². The summed E-state index contributed by atoms with van der Waals surface area (Å²) in [5.74, 6) is 0. The fraction of sp³-hybridized carbons (Fsp3) is 0. The standard InChI is InChI=1S/C8H6N2S2/c11-12-7-3-1-2-6-8(7)10-5-4-9-6/h1-5,11H. The van der Waals surface area contributed by atoms with Crippen LogP contribution in [0.2, 0.25) is 0 Å². The fourth-order valence-corrected chi connectivity index (χ4v) is 1.86. The molecule has 0 atom stereocenters. The zero-order chi connectivity index (χ0) is 8.39. The van der Waals surface area contributed by atoms with Gasteiger partial charge in [-0.05, 0) is 12.1 Å². The van der Waals surface area contributed by atoms with Crippen LogP contribution in [0.5, 0.6) is 0 Å². The third kappa shape index (κ3) is 1.28. The molecule has 2 aromatic rings. The molecule has 0 fully saturated rings. The number of hydrogen-bond donors (Lipinski definition) is 1. The van der Waals surface area contributed by atoms with Gasteiger partial charge < -0.3 is 0 Å². The summed E-state index contributed by atoms with van der Waals surface area (Å²) in [4.78, 5) is 9.45. The maximum absolute atomic E-state index is 4.22. The van der Waals surface area contributed by atoms with Gasteiger partial charge in [-0.3, -0.25) is 9.97 Å². The first-order valence-corrected chi connectivity index (χ1v) is 5.30. The predicted molar refractivity (Wildman–Crippen MR) is 54.4 cm³/mol. The molecule has 1 heterocycles. The molecule has 0 spiro atoms. The Bertz CT molecular complexity index is 398. The van der Waals surface area contributed by atoms with Crippen LogP contribution in [0.1, 0.15) is 0 Å². The van der Waals surface area contributed by atoms with Crippen LogP contribution in [-0.4, -0.2) is 9.97 Å². The molecule has 0 saturated heterocycles. The van der Waals surface area contributed by atoms with Crippen LogP contribution in [0.15, 0.2) is 35.5 Å². The van der Waals surface area contributed by atoms with Crippen molar-refractivity contribution in [3.05, 3.63) is 30.6 Å². The minimum absolute atomic E-state index is 0.913. The van der Waals surface area contributed by atoms with E-state index in [2.05, 4.69) is 21.6 Å². The minimum atomic E-state index is 0.913. The highest BCUT2D eigenvalue weighted by Crippen LogP contribution is 2.26. The summed E-state index contributed by atoms with van der Waals surface area (Å²) in [5, 5.41) is 0. The second-order valence-electron chi connectivity index (χ2n) is 2.27. The van der Waals surface area contributed by atoms with E-state index in [1.165, 1.54) is 10.8 Å². The summed E-state index contributed by atoms with van der Waals surface area (Å²) < 4.78 is 0. The van der Waals surface area contributed by atoms with Crippen LogP contribution >= 0.6 is 22.5 Å². The second kappa shape index (κ2) is 3.33. The van der Waals surface area contributed by atoms with Crippen molar-refractivity contribution in [3.8, 4) is 0 Å². The number of hydrogen-bond acceptors (Lipinski definition) is 4. The van der Waals surface area contributed by atoms with Crippen molar-refractivity contribution in [2.75, 3.05) is 0 Å². The lowest BCUT2D eigenvalue weighted by Crippen LogP contribution is -1.82. The van der Waals surface area contributed by atoms with Gasteiger partial charge in [0.25, 0.3) is 0 Å². The molecule has 0 bridgehead atoms. The smallest absolute Gasteiger partial charge is 0.103 e. The first-order chi connectivity index (χ1) is 5.92. The number of fused-ring (bicyclic) bond motifs is 1. The van der Waals surface area contributed by atoms with Gasteiger partial charge in [0.2, 0.25) is 0 Å². The highest BCUT2D eigenvalue weighted by atomic mass is 33.1. The molecule has 0 amide bonds. The van der Waals surface area contributed by atoms with Crippen molar-refractivity contribution < 1.29 is 0 Å². The van der Waals surface area contributed by atoms with Gasteiger partial charge in [-0.1, -0.05) is 16.9 Å². The van der Waals surface area contributed by atoms with Crippen molar-refractivity contribution in [2.45, 2.75) is 4.90 Å². The van der Waals surface area contributed by atoms with Crippen LogP contribution in [0, 0.1) is 0 Å². The topological polar surface area (TPSA) is 25.8 Å². The minimum Gasteiger partial charge on any atom is -0.253 e. The second-order valence-corrected chi connectivity index (χ2v) is 3.44. The van der Waals surface area contributed by atoms with E-state index in [-0.39, 0.29) is 0 Å². The molecule has 4 heteroatoms. The Kier molecular flexibility index (Phi) is 2.19. The maximum Gasteiger partial charge on any atom is 0.103 e. The van der Waals surface area contributed by atoms with Crippen molar-refractivity contribution in [3.63, 3.8) is 0 Å². The van der Waals surface area contributed by atoms with Gasteiger partial charge in [0.1, 0.15) is 5.52 Å². The van der Waals surface area contributed by atoms with E-state index < -0.39 is 0 Å². The van der Waals surface area contributed by atoms with E-state index in [4.69, 9.17) is 0 Å². The van der Waals surface area contributed by atoms with Gasteiger partial charge in [-0.15, -0.1) is 11.7 Å². The van der Waals surface area contributed by atoms with Gasteiger partial charge in [-0.2, -0.15) is 0 Å². The molecular weight excluding hydrogens is 188 g/mol. The van der Waals surface area contributed by atoms with Crippen LogP contribution < -0.4 is 0 Å². The Morgan fingerprint density at radius 1 is 1.17 bits per heavy atom. The average molecular weight is 194 g/mol. The first kappa shape index (κ1) is 7.89. The Morgan fingerprint density at radius 2 is 2.00 bits per heavy atom. The molecule has 0 saturated carbocycles. The van der Waals surface area contributed by atoms with Crippen LogP contribution in [0.3, 0.4) is 0 Å². The first-order valence-electron chi connectivity index (χ1n) is 3.43. The molecule has 0 radical (unpaired) electrons. The van der Waals surface area contributed by atoms with E-state index in [1.807, 2.05) is 18.2 Å². The Morgan fingerprint density at radius 3 is 2.83 bits per heavy atom. The molecule has 0 unspecified atom stereocenters. The third-order valence-electron chi connectivity index (χ3n) is 1.56. The molecule has 0 aliphatic heterocycles. The lowest BCUT2D eigenvalue weighted by atomic mass is 10.3. The zero-order valence-corrected chi connectivity index (χ0v) is 7.85. The van der Waals surface area contributed by atoms with Crippen LogP contribution in [-0.2, 0) is 0 Å². The summed E-state index contributed by atoms with van der Waals surface area (Å²) >= 11 is 4.13. The molecule has 0 aliphatic rings. The lowest BCUT2D eigenvalue weighted by Gasteiger charge is -1.98. The van der Waals surface area contributed by atoms with Crippen LogP contribution in [0.25, 0.3) is 11.0 Å². The molecular formula is C8H6N2S2. The summed E-state index contributed by atoms with van der Waals surface area (Å²) in [6.07, 6.45) is 3.38. The SMILES string of the molecule is SSc1cccc2nccnc12. The number of aromatic nitrogens is 2. The van der Waals surface area contributed by atoms with Crippen molar-refractivity contribution >= 4 is 33.5 Å². The normalized spacial score (nSPS) is 10.4. The highest BCUT2D eigenvalue weighted by molar-refractivity contribution is 8.68. The van der Waals surface area contributed by atoms with Crippen molar-refractivity contribution in [1.29, 1.82) is 0 Å². The molecule has 1 aromatic carbocycles. The quantitative estimate of drug-likeness (QED) is 0.558. The number of benzene rings is 1. The third-order valence-corrected chi connectivity index (χ3v) is 2.68. The summed E-state index contributed by atoms with van der Waals surface area (Å²) in [6, 6.07) is 5.88. The van der Waals surface area contributed by atoms with Gasteiger partial charge in [0.15, 0.2) is 0 Å². The van der Waals surface area contributed by atoms with E-state index in [1.54, 1.807) is 12.4 Å². The molecule has 2 nitrogen and oxygen atoms in total. The summed E-state index contributed by atoms with van der Waals surface area (Å²) in [6.45, 7) is 0. The van der Waals surface area contributed by atoms with Gasteiger partial charge in [0.05, 0.1) is 5.52 Å². The maximum atomic E-state index is 4.22. The van der Waals surface area contributed by atoms with Gasteiger partial charge in [-0.25, -0.2) is 0 Å². The molecule has 1 aromatic heterocycles. The molecule has 0 aliphatic carbocycles. The number of thiol groups is 1. The number of nitrogens with zero attached hydrogens (tertiary/aromatic N) is 2. The lowest BCUT2D eigenvalue weighted by molar-refractivity contribution is 1.26. The Labute approximate surface area is 79.2 Å². The van der Waals surface area contributed by atoms with Gasteiger partial charge >= 0.3 is 0 Å². The largest absolute Gasteiger partial charge is 0.253 e. The highest BCUT2D eigenvalue weighted by Gasteiger charge is 1.99. The van der Waals surface area contributed by atoms with Crippen molar-refractivity contribution in [2.24, 2.45) is 0 Å². The van der Waals surface area contributed by atoms with E-state index >= 15 is 0 Å². The molecule has 2 rings (SSSR count). The van der Waals surface area contributed by atoms with Crippen molar-refractivity contribution in [1.82, 2.24) is 9.97 Å². The fourth-order valence-electron chi connectivity index (χ4n) is 1.04.